The molecule has 12 heteroatoms. The number of nitriles is 1. The lowest BCUT2D eigenvalue weighted by Gasteiger charge is -2.38. The monoisotopic (exact) mass is 515 g/mol. The van der Waals surface area contributed by atoms with Crippen LogP contribution in [0.25, 0.3) is 0 Å². The van der Waals surface area contributed by atoms with Gasteiger partial charge in [-0.15, -0.1) is 0 Å². The Morgan fingerprint density at radius 1 is 1.29 bits per heavy atom. The van der Waals surface area contributed by atoms with Crippen LogP contribution in [0.1, 0.15) is 47.5 Å². The summed E-state index contributed by atoms with van der Waals surface area (Å²) >= 11 is 4.48. The quantitative estimate of drug-likeness (QED) is 0.466. The number of amides is 3. The first-order chi connectivity index (χ1) is 16.0. The van der Waals surface area contributed by atoms with Gasteiger partial charge >= 0.3 is 6.18 Å². The van der Waals surface area contributed by atoms with Crippen molar-refractivity contribution in [2.75, 3.05) is 13.1 Å². The molecular formula is C23H32F3N5O3S. The van der Waals surface area contributed by atoms with Crippen LogP contribution >= 0.6 is 12.2 Å². The van der Waals surface area contributed by atoms with E-state index in [4.69, 9.17) is 0 Å². The lowest BCUT2D eigenvalue weighted by Crippen LogP contribution is -2.60. The number of fused-ring (bicyclic) bond motifs is 1. The highest BCUT2D eigenvalue weighted by Crippen LogP contribution is 2.65. The normalized spacial score (nSPS) is 28.9. The number of rotatable bonds is 6. The molecule has 1 aliphatic carbocycles. The number of thiocarbonyl (C=S) groups is 1. The van der Waals surface area contributed by atoms with Gasteiger partial charge in [0.2, 0.25) is 17.7 Å². The molecule has 0 aromatic carbocycles. The van der Waals surface area contributed by atoms with Crippen molar-refractivity contribution < 1.29 is 27.6 Å². The van der Waals surface area contributed by atoms with Crippen molar-refractivity contribution in [1.29, 1.82) is 5.26 Å². The molecule has 1 saturated carbocycles. The molecule has 35 heavy (non-hydrogen) atoms. The van der Waals surface area contributed by atoms with Crippen LogP contribution in [0.2, 0.25) is 0 Å². The average molecular weight is 516 g/mol. The molecule has 0 radical (unpaired) electrons. The largest absolute Gasteiger partial charge is 0.441 e. The number of nitrogens with one attached hydrogen (secondary N) is 3. The number of carbonyl (C=O) groups excluding carboxylic acids is 3. The summed E-state index contributed by atoms with van der Waals surface area (Å²) in [5.74, 6) is -1.90. The Labute approximate surface area is 208 Å². The summed E-state index contributed by atoms with van der Waals surface area (Å²) in [6.45, 7) is 9.56. The van der Waals surface area contributed by atoms with Gasteiger partial charge in [-0.05, 0) is 35.5 Å². The molecule has 8 nitrogen and oxygen atoms in total. The molecular weight excluding hydrogens is 483 g/mol. The lowest BCUT2D eigenvalue weighted by molar-refractivity contribution is -0.144. The molecule has 3 aliphatic rings. The molecule has 0 aromatic rings. The number of carbonyl (C=O) groups is 3. The first-order valence-corrected chi connectivity index (χ1v) is 12.1. The number of alkyl halides is 3. The van der Waals surface area contributed by atoms with Crippen molar-refractivity contribution in [2.24, 2.45) is 28.6 Å². The smallest absolute Gasteiger partial charge is 0.360 e. The minimum Gasteiger partial charge on any atom is -0.360 e. The highest BCUT2D eigenvalue weighted by atomic mass is 32.1. The number of hydrogen-bond donors (Lipinski definition) is 3. The summed E-state index contributed by atoms with van der Waals surface area (Å²) in [4.78, 5) is 38.8. The van der Waals surface area contributed by atoms with E-state index in [1.54, 1.807) is 20.8 Å². The van der Waals surface area contributed by atoms with Crippen LogP contribution in [0.5, 0.6) is 0 Å². The zero-order valence-corrected chi connectivity index (χ0v) is 21.3. The van der Waals surface area contributed by atoms with Crippen molar-refractivity contribution in [3.8, 4) is 6.07 Å². The van der Waals surface area contributed by atoms with Gasteiger partial charge in [-0.1, -0.05) is 46.8 Å². The van der Waals surface area contributed by atoms with E-state index in [9.17, 15) is 32.8 Å². The molecule has 194 valence electrons. The van der Waals surface area contributed by atoms with Crippen molar-refractivity contribution in [1.82, 2.24) is 20.9 Å². The average Bonchev–Trinajstić information content (AvgIpc) is 3.10. The summed E-state index contributed by atoms with van der Waals surface area (Å²) in [6, 6.07) is -1.14. The van der Waals surface area contributed by atoms with Crippen LogP contribution in [-0.2, 0) is 14.4 Å². The molecule has 3 rings (SSSR count). The van der Waals surface area contributed by atoms with E-state index in [-0.39, 0.29) is 42.0 Å². The number of hydrogen-bond acceptors (Lipinski definition) is 5. The summed E-state index contributed by atoms with van der Waals surface area (Å²) in [5, 5.41) is 17.1. The molecule has 2 aliphatic heterocycles. The summed E-state index contributed by atoms with van der Waals surface area (Å²) in [6.07, 6.45) is -4.08. The predicted molar refractivity (Wildman–Crippen MR) is 125 cm³/mol. The third kappa shape index (κ3) is 5.39. The molecule has 3 amide bonds. The number of halogens is 3. The van der Waals surface area contributed by atoms with E-state index in [0.717, 1.165) is 0 Å². The number of piperidine rings is 1. The fourth-order valence-corrected chi connectivity index (χ4v) is 5.51. The van der Waals surface area contributed by atoms with E-state index < -0.39 is 46.5 Å². The Morgan fingerprint density at radius 3 is 2.40 bits per heavy atom. The molecule has 0 aromatic heterocycles. The second kappa shape index (κ2) is 9.22. The molecule has 2 heterocycles. The van der Waals surface area contributed by atoms with Crippen LogP contribution in [0, 0.1) is 39.9 Å². The summed E-state index contributed by atoms with van der Waals surface area (Å²) in [5.41, 5.74) is -1.15. The Balaban J connectivity index is 1.81. The van der Waals surface area contributed by atoms with Crippen molar-refractivity contribution in [2.45, 2.75) is 71.8 Å². The standard InChI is InChI=1S/C23H32F3N5O3S/c1-21(2,3)16(30-20(35)23(24,25)26)19(34)31-10-13-14(22(13,4)5)15(31)18(33)29-12(9-27)8-11-6-7-28-17(11)32/h11-16H,6-8,10H2,1-5H3,(H,28,32)(H,29,33)(H,30,35)/t11-,12-,13-,14-,15-,16+/m0/s1. The first-order valence-electron chi connectivity index (χ1n) is 11.7. The molecule has 0 bridgehead atoms. The van der Waals surface area contributed by atoms with E-state index in [1.165, 1.54) is 4.90 Å². The molecule has 0 spiro atoms. The highest BCUT2D eigenvalue weighted by molar-refractivity contribution is 7.80. The van der Waals surface area contributed by atoms with Gasteiger partial charge in [-0.25, -0.2) is 0 Å². The second-order valence-electron chi connectivity index (χ2n) is 11.4. The van der Waals surface area contributed by atoms with Crippen molar-refractivity contribution in [3.05, 3.63) is 0 Å². The SMILES string of the molecule is CC(C)(C)[C@H](NC(=S)C(F)(F)F)C(=O)N1C[C@H]2[C@@H]([C@H]1C(=O)N[C@H](C#N)C[C@@H]1CCNC1=O)C2(C)C. The maximum Gasteiger partial charge on any atom is 0.441 e. The zero-order chi connectivity index (χ0) is 26.5. The van der Waals surface area contributed by atoms with Crippen LogP contribution in [-0.4, -0.2) is 65.0 Å². The predicted octanol–water partition coefficient (Wildman–Crippen LogP) is 1.90. The lowest BCUT2D eigenvalue weighted by atomic mass is 9.85. The van der Waals surface area contributed by atoms with Gasteiger partial charge in [0.25, 0.3) is 0 Å². The molecule has 2 saturated heterocycles. The third-order valence-electron chi connectivity index (χ3n) is 7.56. The Kier molecular flexibility index (Phi) is 7.16. The van der Waals surface area contributed by atoms with E-state index >= 15 is 0 Å². The highest BCUT2D eigenvalue weighted by Gasteiger charge is 2.69. The van der Waals surface area contributed by atoms with Crippen LogP contribution in [0.4, 0.5) is 13.2 Å². The maximum absolute atomic E-state index is 13.6. The second-order valence-corrected chi connectivity index (χ2v) is 11.8. The Morgan fingerprint density at radius 2 is 1.91 bits per heavy atom. The van der Waals surface area contributed by atoms with Crippen molar-refractivity contribution in [3.63, 3.8) is 0 Å². The first kappa shape index (κ1) is 27.2. The zero-order valence-electron chi connectivity index (χ0n) is 20.5. The van der Waals surface area contributed by atoms with Gasteiger partial charge < -0.3 is 20.9 Å². The minimum atomic E-state index is -4.79. The van der Waals surface area contributed by atoms with Gasteiger partial charge in [0, 0.05) is 19.0 Å². The third-order valence-corrected chi connectivity index (χ3v) is 7.91. The molecule has 3 fully saturated rings. The van der Waals surface area contributed by atoms with Gasteiger partial charge in [-0.2, -0.15) is 18.4 Å². The Bertz CT molecular complexity index is 956. The van der Waals surface area contributed by atoms with E-state index in [1.807, 2.05) is 19.9 Å². The van der Waals surface area contributed by atoms with E-state index in [2.05, 4.69) is 28.2 Å². The maximum atomic E-state index is 13.6. The van der Waals surface area contributed by atoms with Crippen LogP contribution in [0.15, 0.2) is 0 Å². The summed E-state index contributed by atoms with van der Waals surface area (Å²) in [7, 11) is 0. The molecule has 3 N–H and O–H groups in total. The fraction of sp³-hybridized carbons (Fsp3) is 0.783. The molecule has 6 atom stereocenters. The van der Waals surface area contributed by atoms with Crippen LogP contribution < -0.4 is 16.0 Å². The topological polar surface area (TPSA) is 114 Å². The number of nitrogens with zero attached hydrogens (tertiary/aromatic N) is 2. The van der Waals surface area contributed by atoms with Gasteiger partial charge in [0.15, 0.2) is 4.99 Å². The van der Waals surface area contributed by atoms with Gasteiger partial charge in [0.05, 0.1) is 6.07 Å². The van der Waals surface area contributed by atoms with Gasteiger partial charge in [-0.3, -0.25) is 14.4 Å². The Hall–Kier alpha value is -2.42. The number of likely N-dealkylation sites (tertiary alicyclic amines) is 1. The van der Waals surface area contributed by atoms with Crippen LogP contribution in [0.3, 0.4) is 0 Å². The fourth-order valence-electron chi connectivity index (χ4n) is 5.40. The minimum absolute atomic E-state index is 0.0125. The summed E-state index contributed by atoms with van der Waals surface area (Å²) < 4.78 is 39.4. The van der Waals surface area contributed by atoms with Crippen molar-refractivity contribution >= 4 is 34.9 Å². The van der Waals surface area contributed by atoms with Gasteiger partial charge in [0.1, 0.15) is 18.1 Å². The van der Waals surface area contributed by atoms with E-state index in [0.29, 0.717) is 13.0 Å². The molecule has 0 unspecified atom stereocenters.